The predicted octanol–water partition coefficient (Wildman–Crippen LogP) is 1.87. The molecule has 2 heteroatoms. The molecule has 12 heavy (non-hydrogen) atoms. The first-order chi connectivity index (χ1) is 5.54. The third-order valence-corrected chi connectivity index (χ3v) is 1.74. The van der Waals surface area contributed by atoms with Gasteiger partial charge in [0.1, 0.15) is 0 Å². The summed E-state index contributed by atoms with van der Waals surface area (Å²) in [4.78, 5) is 4.31. The molecule has 0 aliphatic carbocycles. The molecule has 0 atom stereocenters. The largest absolute Gasteiger partial charge is 0.390 e. The molecule has 0 unspecified atom stereocenters. The minimum Gasteiger partial charge on any atom is -0.390 e. The fraction of sp³-hybridized carbons (Fsp3) is 0.500. The minimum absolute atomic E-state index is 0.0178. The van der Waals surface area contributed by atoms with Crippen LogP contribution in [-0.2, 0) is 12.0 Å². The summed E-state index contributed by atoms with van der Waals surface area (Å²) in [6, 6.07) is 5.74. The van der Waals surface area contributed by atoms with Crippen LogP contribution in [0.1, 0.15) is 32.2 Å². The molecule has 1 aromatic rings. The highest BCUT2D eigenvalue weighted by atomic mass is 16.3. The van der Waals surface area contributed by atoms with Gasteiger partial charge in [-0.3, -0.25) is 4.98 Å². The maximum absolute atomic E-state index is 8.87. The van der Waals surface area contributed by atoms with Crippen molar-refractivity contribution in [1.82, 2.24) is 4.98 Å². The molecular weight excluding hydrogens is 150 g/mol. The average molecular weight is 165 g/mol. The lowest BCUT2D eigenvalue weighted by molar-refractivity contribution is 0.276. The van der Waals surface area contributed by atoms with E-state index in [2.05, 4.69) is 25.8 Å². The van der Waals surface area contributed by atoms with Crippen LogP contribution in [0.25, 0.3) is 0 Å². The van der Waals surface area contributed by atoms with Gasteiger partial charge >= 0.3 is 0 Å². The standard InChI is InChI=1S/C10H15NO/c1-10(2,3)9-6-4-5-8(7-12)11-9/h4-6,12H,7H2,1-3H3. The first kappa shape index (κ1) is 9.20. The molecule has 0 bridgehead atoms. The van der Waals surface area contributed by atoms with Gasteiger partial charge in [-0.2, -0.15) is 0 Å². The van der Waals surface area contributed by atoms with Crippen LogP contribution < -0.4 is 0 Å². The second kappa shape index (κ2) is 3.23. The highest BCUT2D eigenvalue weighted by Gasteiger charge is 2.14. The average Bonchev–Trinajstić information content (AvgIpc) is 2.03. The Morgan fingerprint density at radius 3 is 2.50 bits per heavy atom. The lowest BCUT2D eigenvalue weighted by Gasteiger charge is -2.17. The van der Waals surface area contributed by atoms with Crippen LogP contribution in [0.15, 0.2) is 18.2 Å². The predicted molar refractivity (Wildman–Crippen MR) is 48.9 cm³/mol. The molecule has 0 amide bonds. The zero-order chi connectivity index (χ0) is 9.19. The molecule has 1 aromatic heterocycles. The van der Waals surface area contributed by atoms with E-state index in [1.54, 1.807) is 0 Å². The van der Waals surface area contributed by atoms with Crippen molar-refractivity contribution in [2.24, 2.45) is 0 Å². The van der Waals surface area contributed by atoms with Gasteiger partial charge in [-0.25, -0.2) is 0 Å². The van der Waals surface area contributed by atoms with E-state index in [9.17, 15) is 0 Å². The molecule has 0 aliphatic rings. The summed E-state index contributed by atoms with van der Waals surface area (Å²) < 4.78 is 0. The lowest BCUT2D eigenvalue weighted by atomic mass is 9.91. The molecule has 0 fully saturated rings. The van der Waals surface area contributed by atoms with Crippen LogP contribution >= 0.6 is 0 Å². The van der Waals surface area contributed by atoms with Crippen molar-refractivity contribution >= 4 is 0 Å². The fourth-order valence-electron chi connectivity index (χ4n) is 0.985. The van der Waals surface area contributed by atoms with E-state index in [-0.39, 0.29) is 12.0 Å². The van der Waals surface area contributed by atoms with E-state index in [0.29, 0.717) is 0 Å². The fourth-order valence-corrected chi connectivity index (χ4v) is 0.985. The van der Waals surface area contributed by atoms with E-state index < -0.39 is 0 Å². The molecule has 0 spiro atoms. The zero-order valence-corrected chi connectivity index (χ0v) is 7.83. The molecule has 2 nitrogen and oxygen atoms in total. The van der Waals surface area contributed by atoms with Crippen LogP contribution in [0.4, 0.5) is 0 Å². The molecule has 1 heterocycles. The Bertz CT molecular complexity index is 263. The molecule has 0 aromatic carbocycles. The second-order valence-corrected chi connectivity index (χ2v) is 3.92. The Hall–Kier alpha value is -0.890. The van der Waals surface area contributed by atoms with Gasteiger partial charge in [0.25, 0.3) is 0 Å². The molecule has 1 N–H and O–H groups in total. The zero-order valence-electron chi connectivity index (χ0n) is 7.83. The van der Waals surface area contributed by atoms with Crippen molar-refractivity contribution in [2.75, 3.05) is 0 Å². The van der Waals surface area contributed by atoms with E-state index in [1.807, 2.05) is 18.2 Å². The number of aromatic nitrogens is 1. The summed E-state index contributed by atoms with van der Waals surface area (Å²) in [6.45, 7) is 6.34. The summed E-state index contributed by atoms with van der Waals surface area (Å²) >= 11 is 0. The smallest absolute Gasteiger partial charge is 0.0853 e. The van der Waals surface area contributed by atoms with E-state index in [0.717, 1.165) is 11.4 Å². The number of aliphatic hydroxyl groups excluding tert-OH is 1. The number of hydrogen-bond donors (Lipinski definition) is 1. The Balaban J connectivity index is 3.02. The maximum Gasteiger partial charge on any atom is 0.0853 e. The van der Waals surface area contributed by atoms with E-state index in [1.165, 1.54) is 0 Å². The number of rotatable bonds is 1. The van der Waals surface area contributed by atoms with Gasteiger partial charge in [-0.1, -0.05) is 26.8 Å². The number of hydrogen-bond acceptors (Lipinski definition) is 2. The first-order valence-corrected chi connectivity index (χ1v) is 4.11. The third-order valence-electron chi connectivity index (χ3n) is 1.74. The number of aliphatic hydroxyl groups is 1. The van der Waals surface area contributed by atoms with Gasteiger partial charge in [0.05, 0.1) is 12.3 Å². The molecule has 0 saturated heterocycles. The maximum atomic E-state index is 8.87. The quantitative estimate of drug-likeness (QED) is 0.689. The third kappa shape index (κ3) is 2.05. The van der Waals surface area contributed by atoms with Gasteiger partial charge in [0, 0.05) is 11.1 Å². The second-order valence-electron chi connectivity index (χ2n) is 3.92. The number of nitrogens with zero attached hydrogens (tertiary/aromatic N) is 1. The van der Waals surface area contributed by atoms with Crippen LogP contribution in [0, 0.1) is 0 Å². The molecule has 66 valence electrons. The van der Waals surface area contributed by atoms with Crippen LogP contribution in [0.3, 0.4) is 0 Å². The summed E-state index contributed by atoms with van der Waals surface area (Å²) in [6.07, 6.45) is 0. The Kier molecular flexibility index (Phi) is 2.48. The summed E-state index contributed by atoms with van der Waals surface area (Å²) in [5.74, 6) is 0. The van der Waals surface area contributed by atoms with E-state index >= 15 is 0 Å². The molecule has 0 saturated carbocycles. The topological polar surface area (TPSA) is 33.1 Å². The van der Waals surface area contributed by atoms with Crippen LogP contribution in [0.5, 0.6) is 0 Å². The van der Waals surface area contributed by atoms with Gasteiger partial charge in [0.15, 0.2) is 0 Å². The van der Waals surface area contributed by atoms with Gasteiger partial charge in [0.2, 0.25) is 0 Å². The normalized spacial score (nSPS) is 11.7. The number of pyridine rings is 1. The molecule has 1 rings (SSSR count). The first-order valence-electron chi connectivity index (χ1n) is 4.11. The SMILES string of the molecule is CC(C)(C)c1cccc(CO)n1. The minimum atomic E-state index is 0.0178. The van der Waals surface area contributed by atoms with Crippen molar-refractivity contribution in [2.45, 2.75) is 32.8 Å². The van der Waals surface area contributed by atoms with E-state index in [4.69, 9.17) is 5.11 Å². The molecule has 0 radical (unpaired) electrons. The van der Waals surface area contributed by atoms with Gasteiger partial charge < -0.3 is 5.11 Å². The van der Waals surface area contributed by atoms with Crippen LogP contribution in [-0.4, -0.2) is 10.1 Å². The highest BCUT2D eigenvalue weighted by Crippen LogP contribution is 2.19. The summed E-state index contributed by atoms with van der Waals surface area (Å²) in [5, 5.41) is 8.87. The lowest BCUT2D eigenvalue weighted by Crippen LogP contribution is -2.14. The molecular formula is C10H15NO. The van der Waals surface area contributed by atoms with Gasteiger partial charge in [-0.05, 0) is 12.1 Å². The highest BCUT2D eigenvalue weighted by molar-refractivity contribution is 5.16. The van der Waals surface area contributed by atoms with Crippen molar-refractivity contribution in [3.8, 4) is 0 Å². The van der Waals surface area contributed by atoms with Crippen molar-refractivity contribution in [1.29, 1.82) is 0 Å². The van der Waals surface area contributed by atoms with Gasteiger partial charge in [-0.15, -0.1) is 0 Å². The summed E-state index contributed by atoms with van der Waals surface area (Å²) in [7, 11) is 0. The van der Waals surface area contributed by atoms with Crippen molar-refractivity contribution < 1.29 is 5.11 Å². The molecule has 0 aliphatic heterocycles. The monoisotopic (exact) mass is 165 g/mol. The van der Waals surface area contributed by atoms with Crippen molar-refractivity contribution in [3.63, 3.8) is 0 Å². The van der Waals surface area contributed by atoms with Crippen molar-refractivity contribution in [3.05, 3.63) is 29.6 Å². The van der Waals surface area contributed by atoms with Crippen LogP contribution in [0.2, 0.25) is 0 Å². The Labute approximate surface area is 73.3 Å². The summed E-state index contributed by atoms with van der Waals surface area (Å²) in [5.41, 5.74) is 1.82. The Morgan fingerprint density at radius 1 is 1.33 bits per heavy atom. The Morgan fingerprint density at radius 2 is 2.00 bits per heavy atom.